The lowest BCUT2D eigenvalue weighted by molar-refractivity contribution is 0.203. The van der Waals surface area contributed by atoms with Crippen LogP contribution in [0.4, 0.5) is 0 Å². The molecule has 1 aliphatic rings. The van der Waals surface area contributed by atoms with Gasteiger partial charge in [-0.3, -0.25) is 0 Å². The second kappa shape index (κ2) is 4.60. The van der Waals surface area contributed by atoms with E-state index < -0.39 is 0 Å². The summed E-state index contributed by atoms with van der Waals surface area (Å²) in [6.45, 7) is 4.12. The average Bonchev–Trinajstić information content (AvgIpc) is 2.68. The molecule has 1 unspecified atom stereocenters. The lowest BCUT2D eigenvalue weighted by Crippen LogP contribution is -2.29. The monoisotopic (exact) mass is 226 g/mol. The van der Waals surface area contributed by atoms with Gasteiger partial charge in [-0.05, 0) is 39.9 Å². The molecule has 2 heterocycles. The van der Waals surface area contributed by atoms with Crippen LogP contribution in [0.2, 0.25) is 0 Å². The predicted molar refractivity (Wildman–Crippen MR) is 62.2 cm³/mol. The summed E-state index contributed by atoms with van der Waals surface area (Å²) in [5.41, 5.74) is 0. The summed E-state index contributed by atoms with van der Waals surface area (Å²) >= 11 is 1.67. The number of aliphatic hydroxyl groups is 1. The van der Waals surface area contributed by atoms with Crippen LogP contribution >= 0.6 is 11.3 Å². The highest BCUT2D eigenvalue weighted by Gasteiger charge is 2.21. The Bertz CT molecular complexity index is 316. The molecule has 1 atom stereocenters. The Morgan fingerprint density at radius 2 is 2.20 bits per heavy atom. The molecule has 3 nitrogen and oxygen atoms in total. The van der Waals surface area contributed by atoms with E-state index in [-0.39, 0.29) is 6.10 Å². The van der Waals surface area contributed by atoms with Crippen molar-refractivity contribution in [1.29, 1.82) is 0 Å². The summed E-state index contributed by atoms with van der Waals surface area (Å²) in [4.78, 5) is 7.78. The number of hydrogen-bond donors (Lipinski definition) is 1. The minimum atomic E-state index is -0.373. The zero-order chi connectivity index (χ0) is 10.8. The molecule has 0 aliphatic carbocycles. The molecule has 1 aromatic heterocycles. The van der Waals surface area contributed by atoms with Crippen LogP contribution in [0.25, 0.3) is 0 Å². The summed E-state index contributed by atoms with van der Waals surface area (Å²) in [5.74, 6) is 0.610. The lowest BCUT2D eigenvalue weighted by Gasteiger charge is -2.27. The summed E-state index contributed by atoms with van der Waals surface area (Å²) in [6.07, 6.45) is 3.85. The Hall–Kier alpha value is -0.450. The highest BCUT2D eigenvalue weighted by Crippen LogP contribution is 2.32. The first-order valence-corrected chi connectivity index (χ1v) is 6.30. The molecule has 4 heteroatoms. The van der Waals surface area contributed by atoms with Crippen molar-refractivity contribution in [2.24, 2.45) is 0 Å². The predicted octanol–water partition coefficient (Wildman–Crippen LogP) is 2.01. The Labute approximate surface area is 94.8 Å². The number of aliphatic hydroxyl groups excluding tert-OH is 1. The zero-order valence-corrected chi connectivity index (χ0v) is 10.1. The highest BCUT2D eigenvalue weighted by molar-refractivity contribution is 7.11. The van der Waals surface area contributed by atoms with Crippen LogP contribution in [0, 0.1) is 0 Å². The third kappa shape index (κ3) is 2.56. The van der Waals surface area contributed by atoms with Gasteiger partial charge in [-0.15, -0.1) is 11.3 Å². The number of aromatic nitrogens is 1. The molecule has 1 N–H and O–H groups in total. The van der Waals surface area contributed by atoms with Crippen molar-refractivity contribution in [3.63, 3.8) is 0 Å². The summed E-state index contributed by atoms with van der Waals surface area (Å²) in [7, 11) is 2.17. The van der Waals surface area contributed by atoms with Gasteiger partial charge >= 0.3 is 0 Å². The van der Waals surface area contributed by atoms with Gasteiger partial charge in [0.1, 0.15) is 0 Å². The molecule has 15 heavy (non-hydrogen) atoms. The Morgan fingerprint density at radius 3 is 2.73 bits per heavy atom. The summed E-state index contributed by atoms with van der Waals surface area (Å²) in [5, 5.41) is 10.6. The van der Waals surface area contributed by atoms with Crippen molar-refractivity contribution in [1.82, 2.24) is 9.88 Å². The molecule has 84 valence electrons. The Balaban J connectivity index is 2.03. The van der Waals surface area contributed by atoms with Crippen molar-refractivity contribution in [3.05, 3.63) is 16.1 Å². The molecule has 1 aliphatic heterocycles. The van der Waals surface area contributed by atoms with Crippen molar-refractivity contribution >= 4 is 11.3 Å². The van der Waals surface area contributed by atoms with E-state index in [0.717, 1.165) is 18.0 Å². The van der Waals surface area contributed by atoms with E-state index in [1.807, 2.05) is 6.20 Å². The topological polar surface area (TPSA) is 36.4 Å². The van der Waals surface area contributed by atoms with Gasteiger partial charge in [0.2, 0.25) is 0 Å². The van der Waals surface area contributed by atoms with E-state index in [1.165, 1.54) is 17.8 Å². The number of thiazole rings is 1. The summed E-state index contributed by atoms with van der Waals surface area (Å²) < 4.78 is 0. The van der Waals surface area contributed by atoms with E-state index >= 15 is 0 Å². The smallest absolute Gasteiger partial charge is 0.0960 e. The maximum Gasteiger partial charge on any atom is 0.0960 e. The van der Waals surface area contributed by atoms with Gasteiger partial charge in [0, 0.05) is 12.1 Å². The second-order valence-corrected chi connectivity index (χ2v) is 5.45. The van der Waals surface area contributed by atoms with Gasteiger partial charge in [0.05, 0.1) is 16.0 Å². The number of likely N-dealkylation sites (tertiary alicyclic amines) is 1. The lowest BCUT2D eigenvalue weighted by atomic mass is 9.98. The van der Waals surface area contributed by atoms with E-state index in [1.54, 1.807) is 18.3 Å². The molecule has 2 rings (SSSR count). The largest absolute Gasteiger partial charge is 0.388 e. The maximum absolute atomic E-state index is 9.44. The quantitative estimate of drug-likeness (QED) is 0.838. The standard InChI is InChI=1S/C11H18N2OS/c1-8(14)10-7-12-11(15-10)9-3-5-13(2)6-4-9/h7-9,14H,3-6H2,1-2H3. The molecule has 0 radical (unpaired) electrons. The fourth-order valence-corrected chi connectivity index (χ4v) is 2.96. The van der Waals surface area contributed by atoms with E-state index in [0.29, 0.717) is 5.92 Å². The maximum atomic E-state index is 9.44. The molecule has 1 saturated heterocycles. The number of hydrogen-bond acceptors (Lipinski definition) is 4. The third-order valence-electron chi connectivity index (χ3n) is 3.02. The van der Waals surface area contributed by atoms with Crippen LogP contribution < -0.4 is 0 Å². The van der Waals surface area contributed by atoms with Crippen LogP contribution in [0.5, 0.6) is 0 Å². The third-order valence-corrected chi connectivity index (χ3v) is 4.35. The first-order chi connectivity index (χ1) is 7.16. The highest BCUT2D eigenvalue weighted by atomic mass is 32.1. The fraction of sp³-hybridized carbons (Fsp3) is 0.727. The molecule has 0 aromatic carbocycles. The second-order valence-electron chi connectivity index (χ2n) is 4.35. The first-order valence-electron chi connectivity index (χ1n) is 5.49. The van der Waals surface area contributed by atoms with Crippen LogP contribution in [0.15, 0.2) is 6.20 Å². The van der Waals surface area contributed by atoms with Crippen molar-refractivity contribution < 1.29 is 5.11 Å². The molecule has 0 bridgehead atoms. The minimum Gasteiger partial charge on any atom is -0.388 e. The van der Waals surface area contributed by atoms with Gasteiger partial charge in [0.15, 0.2) is 0 Å². The minimum absolute atomic E-state index is 0.373. The van der Waals surface area contributed by atoms with E-state index in [4.69, 9.17) is 0 Å². The Kier molecular flexibility index (Phi) is 3.38. The van der Waals surface area contributed by atoms with Gasteiger partial charge in [-0.2, -0.15) is 0 Å². The van der Waals surface area contributed by atoms with Crippen LogP contribution in [-0.4, -0.2) is 35.1 Å². The van der Waals surface area contributed by atoms with Crippen LogP contribution in [0.3, 0.4) is 0 Å². The van der Waals surface area contributed by atoms with E-state index in [9.17, 15) is 5.11 Å². The molecule has 0 saturated carbocycles. The normalized spacial score (nSPS) is 21.8. The van der Waals surface area contributed by atoms with Crippen LogP contribution in [-0.2, 0) is 0 Å². The van der Waals surface area contributed by atoms with E-state index in [2.05, 4.69) is 16.9 Å². The molecule has 0 spiro atoms. The molecule has 1 aromatic rings. The Morgan fingerprint density at radius 1 is 1.53 bits per heavy atom. The van der Waals surface area contributed by atoms with Gasteiger partial charge in [-0.25, -0.2) is 4.98 Å². The fourth-order valence-electron chi connectivity index (χ4n) is 1.94. The van der Waals surface area contributed by atoms with Crippen molar-refractivity contribution in [2.75, 3.05) is 20.1 Å². The van der Waals surface area contributed by atoms with Crippen molar-refractivity contribution in [2.45, 2.75) is 31.8 Å². The number of nitrogens with zero attached hydrogens (tertiary/aromatic N) is 2. The summed E-state index contributed by atoms with van der Waals surface area (Å²) in [6, 6.07) is 0. The van der Waals surface area contributed by atoms with Gasteiger partial charge in [-0.1, -0.05) is 0 Å². The SMILES string of the molecule is CC(O)c1cnc(C2CCN(C)CC2)s1. The van der Waals surface area contributed by atoms with Crippen LogP contribution in [0.1, 0.15) is 41.7 Å². The van der Waals surface area contributed by atoms with Gasteiger partial charge < -0.3 is 10.0 Å². The van der Waals surface area contributed by atoms with Crippen molar-refractivity contribution in [3.8, 4) is 0 Å². The number of rotatable bonds is 2. The molecule has 0 amide bonds. The average molecular weight is 226 g/mol. The molecular weight excluding hydrogens is 208 g/mol. The van der Waals surface area contributed by atoms with Gasteiger partial charge in [0.25, 0.3) is 0 Å². The molecule has 1 fully saturated rings. The number of piperidine rings is 1. The zero-order valence-electron chi connectivity index (χ0n) is 9.31. The first kappa shape index (κ1) is 11.0. The molecular formula is C11H18N2OS.